The summed E-state index contributed by atoms with van der Waals surface area (Å²) in [4.78, 5) is 51.3. The number of H-pyrrole nitrogens is 1. The molecule has 39 heavy (non-hydrogen) atoms. The van der Waals surface area contributed by atoms with Crippen molar-refractivity contribution >= 4 is 51.4 Å². The minimum absolute atomic E-state index is 0.106. The number of aromatic nitrogens is 3. The van der Waals surface area contributed by atoms with E-state index in [2.05, 4.69) is 20.3 Å². The van der Waals surface area contributed by atoms with Crippen LogP contribution in [0.2, 0.25) is 5.02 Å². The molecular formula is C28H21ClN6O4. The van der Waals surface area contributed by atoms with Crippen molar-refractivity contribution in [3.05, 3.63) is 111 Å². The molecule has 0 aliphatic carbocycles. The molecule has 0 aliphatic heterocycles. The quantitative estimate of drug-likeness (QED) is 0.153. The lowest BCUT2D eigenvalue weighted by Gasteiger charge is -2.14. The second-order valence-corrected chi connectivity index (χ2v) is 9.30. The van der Waals surface area contributed by atoms with E-state index in [4.69, 9.17) is 11.6 Å². The number of carbonyl (C=O) groups excluding carboxylic acids is 2. The summed E-state index contributed by atoms with van der Waals surface area (Å²) in [7, 11) is 3.36. The molecule has 194 valence electrons. The van der Waals surface area contributed by atoms with E-state index >= 15 is 0 Å². The number of nitro groups is 1. The van der Waals surface area contributed by atoms with Gasteiger partial charge >= 0.3 is 0 Å². The van der Waals surface area contributed by atoms with E-state index in [1.54, 1.807) is 61.5 Å². The number of carbonyl (C=O) groups is 2. The molecule has 1 amide bonds. The zero-order valence-corrected chi connectivity index (χ0v) is 21.6. The molecule has 0 saturated heterocycles. The van der Waals surface area contributed by atoms with Gasteiger partial charge in [0.25, 0.3) is 11.6 Å². The lowest BCUT2D eigenvalue weighted by atomic mass is 9.97. The second-order valence-electron chi connectivity index (χ2n) is 8.86. The Labute approximate surface area is 227 Å². The van der Waals surface area contributed by atoms with Crippen molar-refractivity contribution in [3.8, 4) is 11.5 Å². The van der Waals surface area contributed by atoms with Crippen molar-refractivity contribution in [3.63, 3.8) is 0 Å². The van der Waals surface area contributed by atoms with Crippen LogP contribution in [0, 0.1) is 10.1 Å². The lowest BCUT2D eigenvalue weighted by molar-refractivity contribution is -0.384. The maximum atomic E-state index is 13.4. The van der Waals surface area contributed by atoms with Crippen LogP contribution in [0.5, 0.6) is 0 Å². The van der Waals surface area contributed by atoms with Gasteiger partial charge in [0.1, 0.15) is 11.4 Å². The Balaban J connectivity index is 1.42. The smallest absolute Gasteiger partial charge is 0.293 e. The van der Waals surface area contributed by atoms with Gasteiger partial charge in [0.05, 0.1) is 26.5 Å². The van der Waals surface area contributed by atoms with Crippen LogP contribution in [0.1, 0.15) is 26.3 Å². The number of pyridine rings is 1. The van der Waals surface area contributed by atoms with Gasteiger partial charge < -0.3 is 15.2 Å². The number of anilines is 2. The maximum absolute atomic E-state index is 13.4. The number of ketones is 1. The van der Waals surface area contributed by atoms with Crippen molar-refractivity contribution in [2.75, 3.05) is 24.3 Å². The number of nitrogens with zero attached hydrogens (tertiary/aromatic N) is 4. The monoisotopic (exact) mass is 540 g/mol. The largest absolute Gasteiger partial charge is 0.372 e. The van der Waals surface area contributed by atoms with Crippen LogP contribution in [-0.2, 0) is 0 Å². The predicted octanol–water partition coefficient (Wildman–Crippen LogP) is 5.74. The third-order valence-corrected chi connectivity index (χ3v) is 6.27. The lowest BCUT2D eigenvalue weighted by Crippen LogP contribution is -2.17. The summed E-state index contributed by atoms with van der Waals surface area (Å²) >= 11 is 5.92. The van der Waals surface area contributed by atoms with Gasteiger partial charge in [-0.25, -0.2) is 4.98 Å². The molecule has 11 heteroatoms. The third-order valence-electron chi connectivity index (χ3n) is 6.04. The van der Waals surface area contributed by atoms with Gasteiger partial charge in [0, 0.05) is 43.2 Å². The summed E-state index contributed by atoms with van der Waals surface area (Å²) in [5.41, 5.74) is 3.00. The highest BCUT2D eigenvalue weighted by Crippen LogP contribution is 2.29. The summed E-state index contributed by atoms with van der Waals surface area (Å²) in [6, 6.07) is 19.2. The Morgan fingerprint density at radius 3 is 2.46 bits per heavy atom. The van der Waals surface area contributed by atoms with Crippen LogP contribution < -0.4 is 10.2 Å². The standard InChI is InChI=1S/C28H21ClN6O4/c1-34(2)24-12-7-16(13-25(24)35(38)39)26(36)19-5-3-4-6-20(19)28(37)31-18-9-11-21-23(14-18)33-27(32-21)22-10-8-17(29)15-30-22/h3-15H,1-2H3,(H,31,37)(H,32,33). The minimum Gasteiger partial charge on any atom is -0.372 e. The zero-order chi connectivity index (χ0) is 27.7. The molecule has 0 radical (unpaired) electrons. The topological polar surface area (TPSA) is 134 Å². The maximum Gasteiger partial charge on any atom is 0.293 e. The highest BCUT2D eigenvalue weighted by atomic mass is 35.5. The fourth-order valence-electron chi connectivity index (χ4n) is 4.15. The van der Waals surface area contributed by atoms with Gasteiger partial charge in [-0.2, -0.15) is 0 Å². The van der Waals surface area contributed by atoms with Crippen LogP contribution in [0.4, 0.5) is 17.1 Å². The Morgan fingerprint density at radius 2 is 1.77 bits per heavy atom. The average Bonchev–Trinajstić information content (AvgIpc) is 3.36. The normalized spacial score (nSPS) is 10.8. The number of aromatic amines is 1. The molecule has 0 unspecified atom stereocenters. The Morgan fingerprint density at radius 1 is 1.00 bits per heavy atom. The predicted molar refractivity (Wildman–Crippen MR) is 150 cm³/mol. The molecule has 0 saturated carbocycles. The fourth-order valence-corrected chi connectivity index (χ4v) is 4.26. The van der Waals surface area contributed by atoms with Crippen molar-refractivity contribution in [1.29, 1.82) is 0 Å². The Bertz CT molecular complexity index is 1750. The Hall–Kier alpha value is -5.09. The molecule has 2 aromatic heterocycles. The number of halogens is 1. The van der Waals surface area contributed by atoms with Gasteiger partial charge in [0.2, 0.25) is 0 Å². The average molecular weight is 541 g/mol. The van der Waals surface area contributed by atoms with Crippen LogP contribution in [0.15, 0.2) is 79.0 Å². The third kappa shape index (κ3) is 5.18. The number of imidazole rings is 1. The number of nitrogens with one attached hydrogen (secondary N) is 2. The van der Waals surface area contributed by atoms with Crippen molar-refractivity contribution in [2.24, 2.45) is 0 Å². The number of hydrogen-bond acceptors (Lipinski definition) is 7. The van der Waals surface area contributed by atoms with E-state index in [0.29, 0.717) is 38.9 Å². The molecular weight excluding hydrogens is 520 g/mol. The van der Waals surface area contributed by atoms with Gasteiger partial charge in [-0.05, 0) is 48.5 Å². The highest BCUT2D eigenvalue weighted by Gasteiger charge is 2.23. The van der Waals surface area contributed by atoms with Crippen molar-refractivity contribution < 1.29 is 14.5 Å². The van der Waals surface area contributed by atoms with Gasteiger partial charge in [0.15, 0.2) is 11.6 Å². The number of rotatable bonds is 7. The summed E-state index contributed by atoms with van der Waals surface area (Å²) in [5.74, 6) is -0.453. The number of amides is 1. The first-order valence-electron chi connectivity index (χ1n) is 11.7. The zero-order valence-electron chi connectivity index (χ0n) is 20.8. The molecule has 0 bridgehead atoms. The molecule has 10 nitrogen and oxygen atoms in total. The molecule has 5 aromatic rings. The highest BCUT2D eigenvalue weighted by molar-refractivity contribution is 6.30. The van der Waals surface area contributed by atoms with Crippen LogP contribution >= 0.6 is 11.6 Å². The van der Waals surface area contributed by atoms with E-state index < -0.39 is 16.6 Å². The Kier molecular flexibility index (Phi) is 6.78. The van der Waals surface area contributed by atoms with E-state index in [-0.39, 0.29) is 22.4 Å². The molecule has 0 aliphatic rings. The van der Waals surface area contributed by atoms with Crippen LogP contribution in [-0.4, -0.2) is 45.7 Å². The summed E-state index contributed by atoms with van der Waals surface area (Å²) < 4.78 is 0. The fraction of sp³-hybridized carbons (Fsp3) is 0.0714. The van der Waals surface area contributed by atoms with Crippen LogP contribution in [0.3, 0.4) is 0 Å². The number of hydrogen-bond donors (Lipinski definition) is 2. The molecule has 0 fully saturated rings. The van der Waals surface area contributed by atoms with Crippen molar-refractivity contribution in [2.45, 2.75) is 0 Å². The first-order valence-corrected chi connectivity index (χ1v) is 12.1. The molecule has 0 spiro atoms. The van der Waals surface area contributed by atoms with Crippen molar-refractivity contribution in [1.82, 2.24) is 15.0 Å². The van der Waals surface area contributed by atoms with Gasteiger partial charge in [-0.15, -0.1) is 0 Å². The molecule has 2 N–H and O–H groups in total. The molecule has 0 atom stereocenters. The number of nitro benzene ring substituents is 1. The SMILES string of the molecule is CN(C)c1ccc(C(=O)c2ccccc2C(=O)Nc2ccc3nc(-c4ccc(Cl)cn4)[nH]c3c2)cc1[N+](=O)[O-]. The van der Waals surface area contributed by atoms with E-state index in [1.807, 2.05) is 0 Å². The molecule has 2 heterocycles. The van der Waals surface area contributed by atoms with E-state index in [9.17, 15) is 19.7 Å². The van der Waals surface area contributed by atoms with E-state index in [1.165, 1.54) is 36.5 Å². The summed E-state index contributed by atoms with van der Waals surface area (Å²) in [6.07, 6.45) is 1.53. The van der Waals surface area contributed by atoms with Gasteiger partial charge in [-0.1, -0.05) is 29.8 Å². The van der Waals surface area contributed by atoms with E-state index in [0.717, 1.165) is 0 Å². The van der Waals surface area contributed by atoms with Crippen LogP contribution in [0.25, 0.3) is 22.6 Å². The summed E-state index contributed by atoms with van der Waals surface area (Å²) in [6.45, 7) is 0. The summed E-state index contributed by atoms with van der Waals surface area (Å²) in [5, 5.41) is 14.9. The minimum atomic E-state index is -0.537. The molecule has 5 rings (SSSR count). The molecule has 3 aromatic carbocycles. The first kappa shape index (κ1) is 25.6. The first-order chi connectivity index (χ1) is 18.7. The second kappa shape index (κ2) is 10.3. The van der Waals surface area contributed by atoms with Gasteiger partial charge in [-0.3, -0.25) is 24.7 Å². The number of benzene rings is 3. The number of fused-ring (bicyclic) bond motifs is 1.